The maximum Gasteiger partial charge on any atom is 0.261 e. The van der Waals surface area contributed by atoms with Gasteiger partial charge in [0.05, 0.1) is 4.90 Å². The molecule has 0 spiro atoms. The maximum atomic E-state index is 12.8. The van der Waals surface area contributed by atoms with E-state index in [1.165, 1.54) is 12.1 Å². The van der Waals surface area contributed by atoms with Crippen LogP contribution in [0, 0.1) is 13.8 Å². The van der Waals surface area contributed by atoms with E-state index in [2.05, 4.69) is 20.2 Å². The number of rotatable bonds is 6. The molecule has 0 fully saturated rings. The molecule has 0 radical (unpaired) electrons. The Morgan fingerprint density at radius 3 is 2.48 bits per heavy atom. The number of H-pyrrole nitrogens is 1. The Bertz CT molecular complexity index is 1150. The van der Waals surface area contributed by atoms with Gasteiger partial charge in [0.1, 0.15) is 0 Å². The second-order valence-electron chi connectivity index (χ2n) is 7.27. The highest BCUT2D eigenvalue weighted by Gasteiger charge is 2.19. The summed E-state index contributed by atoms with van der Waals surface area (Å²) in [6, 6.07) is 13.3. The lowest BCUT2D eigenvalue weighted by atomic mass is 10.1. The lowest BCUT2D eigenvalue weighted by Crippen LogP contribution is -2.17. The monoisotopic (exact) mass is 412 g/mol. The van der Waals surface area contributed by atoms with Crippen LogP contribution in [0.4, 0.5) is 11.5 Å². The van der Waals surface area contributed by atoms with Gasteiger partial charge in [-0.1, -0.05) is 32.0 Å². The largest absolute Gasteiger partial charge is 0.305 e. The second kappa shape index (κ2) is 8.08. The highest BCUT2D eigenvalue weighted by Crippen LogP contribution is 2.21. The van der Waals surface area contributed by atoms with E-state index in [1.807, 2.05) is 26.8 Å². The first-order valence-corrected chi connectivity index (χ1v) is 10.7. The zero-order valence-electron chi connectivity index (χ0n) is 16.8. The van der Waals surface area contributed by atoms with E-state index in [9.17, 15) is 13.2 Å². The van der Waals surface area contributed by atoms with E-state index in [0.29, 0.717) is 17.1 Å². The minimum atomic E-state index is -3.83. The minimum absolute atomic E-state index is 0.0136. The van der Waals surface area contributed by atoms with E-state index in [1.54, 1.807) is 37.3 Å². The van der Waals surface area contributed by atoms with Crippen LogP contribution >= 0.6 is 0 Å². The number of carbonyl (C=O) groups is 1. The Balaban J connectivity index is 1.85. The lowest BCUT2D eigenvalue weighted by molar-refractivity contribution is 0.102. The molecule has 29 heavy (non-hydrogen) atoms. The molecular weight excluding hydrogens is 388 g/mol. The van der Waals surface area contributed by atoms with Crippen LogP contribution in [0.3, 0.4) is 0 Å². The minimum Gasteiger partial charge on any atom is -0.305 e. The van der Waals surface area contributed by atoms with E-state index in [0.717, 1.165) is 11.3 Å². The lowest BCUT2D eigenvalue weighted by Gasteiger charge is -2.11. The van der Waals surface area contributed by atoms with E-state index in [-0.39, 0.29) is 16.4 Å². The number of aromatic amines is 1. The number of aromatic nitrogens is 2. The quantitative estimate of drug-likeness (QED) is 0.564. The summed E-state index contributed by atoms with van der Waals surface area (Å²) in [6.45, 7) is 7.66. The topological polar surface area (TPSA) is 104 Å². The van der Waals surface area contributed by atoms with Crippen LogP contribution in [0.5, 0.6) is 0 Å². The molecule has 0 unspecified atom stereocenters. The summed E-state index contributed by atoms with van der Waals surface area (Å²) in [5, 5.41) is 9.67. The predicted molar refractivity (Wildman–Crippen MR) is 114 cm³/mol. The fourth-order valence-electron chi connectivity index (χ4n) is 2.82. The Morgan fingerprint density at radius 2 is 1.83 bits per heavy atom. The number of nitrogens with one attached hydrogen (secondary N) is 3. The highest BCUT2D eigenvalue weighted by molar-refractivity contribution is 7.92. The van der Waals surface area contributed by atoms with Crippen LogP contribution in [0.1, 0.15) is 46.9 Å². The molecule has 0 aliphatic rings. The Hall–Kier alpha value is -3.13. The first-order chi connectivity index (χ1) is 13.7. The van der Waals surface area contributed by atoms with Gasteiger partial charge in [-0.3, -0.25) is 14.6 Å². The number of carbonyl (C=O) groups excluding carboxylic acids is 1. The molecule has 3 aromatic rings. The smallest absolute Gasteiger partial charge is 0.261 e. The van der Waals surface area contributed by atoms with Gasteiger partial charge in [0.2, 0.25) is 0 Å². The van der Waals surface area contributed by atoms with E-state index in [4.69, 9.17) is 0 Å². The van der Waals surface area contributed by atoms with Crippen LogP contribution in [0.25, 0.3) is 0 Å². The summed E-state index contributed by atoms with van der Waals surface area (Å²) in [5.41, 5.74) is 3.24. The number of nitrogens with zero attached hydrogens (tertiary/aromatic N) is 1. The number of benzene rings is 2. The second-order valence-corrected chi connectivity index (χ2v) is 8.95. The van der Waals surface area contributed by atoms with E-state index >= 15 is 0 Å². The molecule has 0 atom stereocenters. The summed E-state index contributed by atoms with van der Waals surface area (Å²) in [4.78, 5) is 12.7. The zero-order valence-corrected chi connectivity index (χ0v) is 17.6. The molecule has 2 aromatic carbocycles. The predicted octanol–water partition coefficient (Wildman–Crippen LogP) is 4.20. The van der Waals surface area contributed by atoms with Gasteiger partial charge in [0.15, 0.2) is 5.82 Å². The van der Waals surface area contributed by atoms with Gasteiger partial charge in [-0.15, -0.1) is 0 Å². The fourth-order valence-corrected chi connectivity index (χ4v) is 3.89. The fraction of sp³-hybridized carbons (Fsp3) is 0.238. The van der Waals surface area contributed by atoms with Crippen molar-refractivity contribution < 1.29 is 13.2 Å². The van der Waals surface area contributed by atoms with Crippen molar-refractivity contribution in [1.82, 2.24) is 10.2 Å². The molecule has 3 N–H and O–H groups in total. The zero-order chi connectivity index (χ0) is 21.2. The van der Waals surface area contributed by atoms with Crippen LogP contribution in [-0.4, -0.2) is 24.5 Å². The number of amides is 1. The van der Waals surface area contributed by atoms with Crippen molar-refractivity contribution in [2.24, 2.45) is 0 Å². The molecule has 8 heteroatoms. The number of hydrogen-bond donors (Lipinski definition) is 3. The third-order valence-electron chi connectivity index (χ3n) is 4.50. The maximum absolute atomic E-state index is 12.8. The molecule has 1 aromatic heterocycles. The summed E-state index contributed by atoms with van der Waals surface area (Å²) < 4.78 is 28.1. The molecule has 0 bridgehead atoms. The van der Waals surface area contributed by atoms with Gasteiger partial charge < -0.3 is 5.32 Å². The van der Waals surface area contributed by atoms with Crippen molar-refractivity contribution in [2.45, 2.75) is 38.5 Å². The van der Waals surface area contributed by atoms with Gasteiger partial charge in [0.25, 0.3) is 15.9 Å². The summed E-state index contributed by atoms with van der Waals surface area (Å²) in [5.74, 6) is 0.220. The average Bonchev–Trinajstić information content (AvgIpc) is 3.10. The first kappa shape index (κ1) is 20.6. The van der Waals surface area contributed by atoms with Crippen molar-refractivity contribution in [3.05, 3.63) is 70.9 Å². The summed E-state index contributed by atoms with van der Waals surface area (Å²) >= 11 is 0. The molecule has 1 heterocycles. The normalized spacial score (nSPS) is 11.5. The van der Waals surface area contributed by atoms with Crippen molar-refractivity contribution in [2.75, 3.05) is 10.0 Å². The molecule has 0 saturated heterocycles. The molecule has 152 valence electrons. The SMILES string of the molecule is Cc1cccc(NS(=O)(=O)c2ccc(C)c(C(=O)Nc3cc(C(C)C)[nH]n3)c2)c1. The van der Waals surface area contributed by atoms with Crippen molar-refractivity contribution in [1.29, 1.82) is 0 Å². The van der Waals surface area contributed by atoms with Gasteiger partial charge in [-0.25, -0.2) is 8.42 Å². The van der Waals surface area contributed by atoms with Gasteiger partial charge in [-0.05, 0) is 55.2 Å². The standard InChI is InChI=1S/C21H24N4O3S/c1-13(2)19-12-20(24-23-19)22-21(26)18-11-17(9-8-15(18)4)29(27,28)25-16-7-5-6-14(3)10-16/h5-13,25H,1-4H3,(H2,22,23,24,26). The summed E-state index contributed by atoms with van der Waals surface area (Å²) in [7, 11) is -3.83. The average molecular weight is 413 g/mol. The first-order valence-electron chi connectivity index (χ1n) is 9.22. The van der Waals surface area contributed by atoms with Gasteiger partial charge >= 0.3 is 0 Å². The molecule has 0 saturated carbocycles. The number of sulfonamides is 1. The highest BCUT2D eigenvalue weighted by atomic mass is 32.2. The van der Waals surface area contributed by atoms with Crippen molar-refractivity contribution >= 4 is 27.4 Å². The third kappa shape index (κ3) is 4.83. The van der Waals surface area contributed by atoms with Crippen LogP contribution in [-0.2, 0) is 10.0 Å². The Labute approximate surface area is 170 Å². The molecular formula is C21H24N4O3S. The van der Waals surface area contributed by atoms with Crippen molar-refractivity contribution in [3.63, 3.8) is 0 Å². The van der Waals surface area contributed by atoms with Crippen LogP contribution < -0.4 is 10.0 Å². The molecule has 3 rings (SSSR count). The molecule has 0 aliphatic carbocycles. The number of hydrogen-bond acceptors (Lipinski definition) is 4. The Kier molecular flexibility index (Phi) is 5.74. The molecule has 0 aliphatic heterocycles. The molecule has 7 nitrogen and oxygen atoms in total. The summed E-state index contributed by atoms with van der Waals surface area (Å²) in [6.07, 6.45) is 0. The third-order valence-corrected chi connectivity index (χ3v) is 5.87. The van der Waals surface area contributed by atoms with Gasteiger partial charge in [-0.2, -0.15) is 5.10 Å². The van der Waals surface area contributed by atoms with Gasteiger partial charge in [0, 0.05) is 23.0 Å². The van der Waals surface area contributed by atoms with Crippen LogP contribution in [0.15, 0.2) is 53.4 Å². The molecule has 1 amide bonds. The van der Waals surface area contributed by atoms with Crippen LogP contribution in [0.2, 0.25) is 0 Å². The Morgan fingerprint density at radius 1 is 1.07 bits per heavy atom. The van der Waals surface area contributed by atoms with E-state index < -0.39 is 15.9 Å². The van der Waals surface area contributed by atoms with Crippen molar-refractivity contribution in [3.8, 4) is 0 Å². The number of aryl methyl sites for hydroxylation is 2. The number of anilines is 2.